The average Bonchev–Trinajstić information content (AvgIpc) is 2.57. The summed E-state index contributed by atoms with van der Waals surface area (Å²) in [5, 5.41) is 0. The van der Waals surface area contributed by atoms with Crippen LogP contribution in [0.2, 0.25) is 0 Å². The molecule has 1 aliphatic carbocycles. The minimum atomic E-state index is -2.85. The van der Waals surface area contributed by atoms with Crippen LogP contribution in [0.4, 0.5) is 0 Å². The molecule has 1 saturated carbocycles. The van der Waals surface area contributed by atoms with E-state index in [2.05, 4.69) is 4.52 Å². The van der Waals surface area contributed by atoms with E-state index in [1.807, 2.05) is 27.7 Å². The van der Waals surface area contributed by atoms with Gasteiger partial charge >= 0.3 is 0 Å². The first-order chi connectivity index (χ1) is 16.2. The zero-order valence-electron chi connectivity index (χ0n) is 24.0. The van der Waals surface area contributed by atoms with Gasteiger partial charge in [-0.3, -0.25) is 18.3 Å². The first-order valence-corrected chi connectivity index (χ1v) is 23.9. The number of hydrogen-bond acceptors (Lipinski definition) is 8. The molecule has 1 fully saturated rings. The smallest absolute Gasteiger partial charge is 0.287 e. The minimum Gasteiger partial charge on any atom is -0.318 e. The van der Waals surface area contributed by atoms with Gasteiger partial charge in [-0.15, -0.1) is 0 Å². The number of rotatable bonds is 8. The van der Waals surface area contributed by atoms with Gasteiger partial charge < -0.3 is 18.1 Å². The molecule has 0 saturated heterocycles. The highest BCUT2D eigenvalue weighted by Crippen LogP contribution is 2.52. The van der Waals surface area contributed by atoms with Crippen LogP contribution >= 0.6 is 71.8 Å². The summed E-state index contributed by atoms with van der Waals surface area (Å²) in [6.45, 7) is 8.25. The predicted molar refractivity (Wildman–Crippen MR) is 163 cm³/mol. The molecule has 0 bridgehead atoms. The highest BCUT2D eigenvalue weighted by atomic mass is 35.7. The van der Waals surface area contributed by atoms with Crippen LogP contribution in [0.1, 0.15) is 80.6 Å². The quantitative estimate of drug-likeness (QED) is 0.231. The lowest BCUT2D eigenvalue weighted by atomic mass is 9.91. The minimum absolute atomic E-state index is 0.0133. The zero-order valence-corrected chi connectivity index (χ0v) is 30.6. The van der Waals surface area contributed by atoms with Gasteiger partial charge in [0.1, 0.15) is 0 Å². The van der Waals surface area contributed by atoms with Crippen LogP contribution in [-0.4, -0.2) is 51.6 Å². The lowest BCUT2D eigenvalue weighted by molar-refractivity contribution is 0.111. The van der Waals surface area contributed by atoms with E-state index >= 15 is 0 Å². The summed E-state index contributed by atoms with van der Waals surface area (Å²) in [4.78, 5) is 0. The van der Waals surface area contributed by atoms with Crippen molar-refractivity contribution in [3.05, 3.63) is 0 Å². The average molecular weight is 694 g/mol. The molecule has 0 aromatic carbocycles. The predicted octanol–water partition coefficient (Wildman–Crippen LogP) is 11.5. The molecule has 0 aromatic heterocycles. The van der Waals surface area contributed by atoms with Gasteiger partial charge in [-0.1, -0.05) is 40.0 Å². The van der Waals surface area contributed by atoms with Crippen LogP contribution in [0.3, 0.4) is 0 Å². The molecule has 1 aliphatic rings. The van der Waals surface area contributed by atoms with E-state index in [4.69, 9.17) is 58.5 Å². The fourth-order valence-corrected chi connectivity index (χ4v) is 6.79. The Labute approximate surface area is 244 Å². The molecule has 5 atom stereocenters. The standard InChI is InChI=1S/C7H14ClO2P.C7H16ClO2P.C4H10ClO2P.C3H8ClO2P/c1-11(8,9)10-7-5-3-2-4-6-7;1-6(7(2,3)4)10-11(5,8)9;1-4(2)7-8(3,5)6;1-3-6-7(2,4)5/h7H,2-6H2,1H3;6H,1-5H3;4H,1-3H3;3H2,1-2H3. The molecule has 1 rings (SSSR count). The lowest BCUT2D eigenvalue weighted by Crippen LogP contribution is -2.24. The van der Waals surface area contributed by atoms with Crippen molar-refractivity contribution in [1.82, 2.24) is 0 Å². The fraction of sp³-hybridized carbons (Fsp3) is 1.00. The third-order valence-electron chi connectivity index (χ3n) is 4.21. The summed E-state index contributed by atoms with van der Waals surface area (Å²) in [6, 6.07) is 0. The monoisotopic (exact) mass is 692 g/mol. The van der Waals surface area contributed by atoms with Gasteiger partial charge in [0.25, 0.3) is 26.9 Å². The van der Waals surface area contributed by atoms with Crippen molar-refractivity contribution in [1.29, 1.82) is 0 Å². The SMILES string of the molecule is CC(C)OP(C)(=O)Cl.CC(OP(C)(=O)Cl)C(C)(C)C.CCOP(C)(=O)Cl.CP(=O)(Cl)OC1CCCCC1. The summed E-state index contributed by atoms with van der Waals surface area (Å²) in [5.74, 6) is 0. The Kier molecular flexibility index (Phi) is 23.4. The van der Waals surface area contributed by atoms with E-state index in [-0.39, 0.29) is 23.7 Å². The van der Waals surface area contributed by atoms with Crippen molar-refractivity contribution in [2.75, 3.05) is 33.3 Å². The van der Waals surface area contributed by atoms with Crippen LogP contribution in [0.15, 0.2) is 0 Å². The molecule has 37 heavy (non-hydrogen) atoms. The van der Waals surface area contributed by atoms with E-state index in [1.54, 1.807) is 20.8 Å². The van der Waals surface area contributed by atoms with Crippen molar-refractivity contribution in [2.24, 2.45) is 5.41 Å². The molecule has 0 aromatic rings. The van der Waals surface area contributed by atoms with Crippen molar-refractivity contribution in [2.45, 2.75) is 98.9 Å². The second-order valence-electron chi connectivity index (χ2n) is 10.0. The third kappa shape index (κ3) is 40.1. The van der Waals surface area contributed by atoms with Gasteiger partial charge in [0.2, 0.25) is 0 Å². The van der Waals surface area contributed by atoms with Crippen molar-refractivity contribution >= 4 is 71.8 Å². The molecule has 16 heteroatoms. The maximum atomic E-state index is 11.0. The summed E-state index contributed by atoms with van der Waals surface area (Å²) in [5.41, 5.74) is -0.0133. The van der Waals surface area contributed by atoms with E-state index < -0.39 is 26.9 Å². The first kappa shape index (κ1) is 43.4. The topological polar surface area (TPSA) is 105 Å². The van der Waals surface area contributed by atoms with E-state index in [0.29, 0.717) is 6.61 Å². The third-order valence-corrected chi connectivity index (χ3v) is 8.11. The van der Waals surface area contributed by atoms with Gasteiger partial charge in [0.15, 0.2) is 0 Å². The first-order valence-electron chi connectivity index (χ1n) is 12.0. The molecule has 0 spiro atoms. The highest BCUT2D eigenvalue weighted by Gasteiger charge is 2.26. The second-order valence-corrected chi connectivity index (χ2v) is 24.3. The van der Waals surface area contributed by atoms with Crippen LogP contribution in [-0.2, 0) is 36.4 Å². The highest BCUT2D eigenvalue weighted by molar-refractivity contribution is 7.85. The summed E-state index contributed by atoms with van der Waals surface area (Å²) in [7, 11) is 0. The summed E-state index contributed by atoms with van der Waals surface area (Å²) < 4.78 is 62.6. The van der Waals surface area contributed by atoms with E-state index in [9.17, 15) is 18.3 Å². The van der Waals surface area contributed by atoms with Gasteiger partial charge in [0, 0.05) is 26.7 Å². The molecule has 0 radical (unpaired) electrons. The summed E-state index contributed by atoms with van der Waals surface area (Å²) >= 11 is 21.4. The largest absolute Gasteiger partial charge is 0.318 e. The maximum Gasteiger partial charge on any atom is 0.287 e. The molecular weight excluding hydrogens is 646 g/mol. The van der Waals surface area contributed by atoms with Gasteiger partial charge in [-0.05, 0) is 90.9 Å². The number of halogens is 4. The molecule has 0 aliphatic heterocycles. The van der Waals surface area contributed by atoms with Crippen molar-refractivity contribution < 1.29 is 36.4 Å². The summed E-state index contributed by atoms with van der Waals surface area (Å²) in [6.07, 6.45) is 5.69. The maximum absolute atomic E-state index is 11.0. The molecule has 228 valence electrons. The fourth-order valence-electron chi connectivity index (χ4n) is 2.48. The van der Waals surface area contributed by atoms with Gasteiger partial charge in [-0.25, -0.2) is 0 Å². The second kappa shape index (κ2) is 19.9. The Balaban J connectivity index is -0.000000425. The van der Waals surface area contributed by atoms with Gasteiger partial charge in [0.05, 0.1) is 24.9 Å². The van der Waals surface area contributed by atoms with Crippen LogP contribution < -0.4 is 0 Å². The Morgan fingerprint density at radius 2 is 1.14 bits per heavy atom. The molecule has 0 amide bonds. The van der Waals surface area contributed by atoms with Crippen LogP contribution in [0, 0.1) is 5.41 Å². The Bertz CT molecular complexity index is 778. The number of hydrogen-bond donors (Lipinski definition) is 0. The Morgan fingerprint density at radius 1 is 0.730 bits per heavy atom. The van der Waals surface area contributed by atoms with Crippen molar-refractivity contribution in [3.8, 4) is 0 Å². The van der Waals surface area contributed by atoms with Crippen LogP contribution in [0.5, 0.6) is 0 Å². The molecule has 0 N–H and O–H groups in total. The zero-order chi connectivity index (χ0) is 30.3. The van der Waals surface area contributed by atoms with Gasteiger partial charge in [-0.2, -0.15) is 0 Å². The molecule has 5 unspecified atom stereocenters. The lowest BCUT2D eigenvalue weighted by Gasteiger charge is -2.27. The molecule has 0 heterocycles. The van der Waals surface area contributed by atoms with E-state index in [1.165, 1.54) is 45.9 Å². The Hall–Kier alpha value is 1.92. The molecular formula is C21H48Cl4O8P4. The normalized spacial score (nSPS) is 21.6. The molecule has 8 nitrogen and oxygen atoms in total. The van der Waals surface area contributed by atoms with Crippen molar-refractivity contribution in [3.63, 3.8) is 0 Å². The van der Waals surface area contributed by atoms with Crippen LogP contribution in [0.25, 0.3) is 0 Å². The Morgan fingerprint density at radius 3 is 1.30 bits per heavy atom. The van der Waals surface area contributed by atoms with E-state index in [0.717, 1.165) is 12.8 Å².